The maximum absolute atomic E-state index is 12.5. The van der Waals surface area contributed by atoms with E-state index in [1.54, 1.807) is 17.0 Å². The van der Waals surface area contributed by atoms with Crippen molar-refractivity contribution in [2.24, 2.45) is 5.92 Å². The van der Waals surface area contributed by atoms with Gasteiger partial charge in [-0.3, -0.25) is 4.79 Å². The molecule has 1 aromatic rings. The molecule has 1 heterocycles. The zero-order valence-electron chi connectivity index (χ0n) is 14.3. The fourth-order valence-corrected chi connectivity index (χ4v) is 3.04. The Morgan fingerprint density at radius 2 is 2.08 bits per heavy atom. The third-order valence-corrected chi connectivity index (χ3v) is 4.61. The summed E-state index contributed by atoms with van der Waals surface area (Å²) in [6.45, 7) is 5.79. The van der Waals surface area contributed by atoms with Gasteiger partial charge in [-0.25, -0.2) is 0 Å². The van der Waals surface area contributed by atoms with E-state index < -0.39 is 11.7 Å². The van der Waals surface area contributed by atoms with E-state index in [0.717, 1.165) is 12.1 Å². The van der Waals surface area contributed by atoms with E-state index in [-0.39, 0.29) is 25.4 Å². The van der Waals surface area contributed by atoms with E-state index in [1.807, 2.05) is 12.1 Å². The van der Waals surface area contributed by atoms with E-state index in [9.17, 15) is 15.0 Å². The van der Waals surface area contributed by atoms with Gasteiger partial charge in [0.25, 0.3) is 0 Å². The molecule has 0 radical (unpaired) electrons. The van der Waals surface area contributed by atoms with Gasteiger partial charge < -0.3 is 20.4 Å². The number of β-amino-alcohol motifs (C(OH)–C–C–N with tert-alkyl or cyclic N) is 1. The van der Waals surface area contributed by atoms with Crippen LogP contribution in [-0.2, 0) is 11.2 Å². The predicted molar refractivity (Wildman–Crippen MR) is 95.0 cm³/mol. The average Bonchev–Trinajstić information content (AvgIpc) is 2.52. The van der Waals surface area contributed by atoms with Gasteiger partial charge >= 0.3 is 0 Å². The molecular formula is C18H27ClN2O3. The van der Waals surface area contributed by atoms with Gasteiger partial charge in [0.15, 0.2) is 0 Å². The summed E-state index contributed by atoms with van der Waals surface area (Å²) in [5, 5.41) is 24.7. The minimum Gasteiger partial charge on any atom is -0.390 e. The first kappa shape index (κ1) is 19.2. The molecule has 0 aromatic heterocycles. The van der Waals surface area contributed by atoms with Crippen molar-refractivity contribution in [3.63, 3.8) is 0 Å². The number of nitrogens with one attached hydrogen (secondary N) is 1. The standard InChI is InChI=1S/C18H27ClN2O3/c1-13(2)10-20-11-18(24)12-21(8-7-16(18)22)17(23)9-14-3-5-15(19)6-4-14/h3-6,13,16,20,22,24H,7-12H2,1-2H3/t16-,18+/m0/s1. The van der Waals surface area contributed by atoms with Crippen molar-refractivity contribution < 1.29 is 15.0 Å². The summed E-state index contributed by atoms with van der Waals surface area (Å²) >= 11 is 5.86. The van der Waals surface area contributed by atoms with Crippen molar-refractivity contribution in [1.29, 1.82) is 0 Å². The smallest absolute Gasteiger partial charge is 0.227 e. The molecule has 6 heteroatoms. The number of nitrogens with zero attached hydrogens (tertiary/aromatic N) is 1. The quantitative estimate of drug-likeness (QED) is 0.723. The first-order valence-electron chi connectivity index (χ1n) is 8.43. The van der Waals surface area contributed by atoms with Gasteiger partial charge in [0.05, 0.1) is 19.1 Å². The number of aliphatic hydroxyl groups excluding tert-OH is 1. The van der Waals surface area contributed by atoms with Gasteiger partial charge in [0.1, 0.15) is 5.60 Å². The van der Waals surface area contributed by atoms with Crippen LogP contribution in [0.2, 0.25) is 5.02 Å². The number of benzene rings is 1. The molecule has 1 aliphatic rings. The maximum Gasteiger partial charge on any atom is 0.227 e. The first-order valence-corrected chi connectivity index (χ1v) is 8.81. The minimum absolute atomic E-state index is 0.0495. The third-order valence-electron chi connectivity index (χ3n) is 4.36. The number of likely N-dealkylation sites (tertiary alicyclic amines) is 1. The average molecular weight is 355 g/mol. The van der Waals surface area contributed by atoms with Gasteiger partial charge in [-0.05, 0) is 36.6 Å². The summed E-state index contributed by atoms with van der Waals surface area (Å²) in [6, 6.07) is 7.18. The van der Waals surface area contributed by atoms with Crippen LogP contribution in [0.3, 0.4) is 0 Å². The number of carbonyl (C=O) groups is 1. The molecule has 3 N–H and O–H groups in total. The van der Waals surface area contributed by atoms with Gasteiger partial charge in [-0.15, -0.1) is 0 Å². The Balaban J connectivity index is 1.95. The molecule has 0 bridgehead atoms. The van der Waals surface area contributed by atoms with Crippen molar-refractivity contribution in [1.82, 2.24) is 10.2 Å². The second kappa shape index (κ2) is 8.30. The van der Waals surface area contributed by atoms with Crippen LogP contribution >= 0.6 is 11.6 Å². The van der Waals surface area contributed by atoms with E-state index in [1.165, 1.54) is 0 Å². The van der Waals surface area contributed by atoms with E-state index in [4.69, 9.17) is 11.6 Å². The topological polar surface area (TPSA) is 72.8 Å². The molecule has 2 atom stereocenters. The number of piperidine rings is 1. The van der Waals surface area contributed by atoms with Crippen LogP contribution < -0.4 is 5.32 Å². The lowest BCUT2D eigenvalue weighted by Gasteiger charge is -2.43. The molecule has 1 aliphatic heterocycles. The Hall–Kier alpha value is -1.14. The van der Waals surface area contributed by atoms with E-state index in [2.05, 4.69) is 19.2 Å². The van der Waals surface area contributed by atoms with E-state index >= 15 is 0 Å². The second-order valence-electron chi connectivity index (χ2n) is 7.05. The molecule has 134 valence electrons. The highest BCUT2D eigenvalue weighted by Crippen LogP contribution is 2.22. The molecule has 0 unspecified atom stereocenters. The summed E-state index contributed by atoms with van der Waals surface area (Å²) in [5.74, 6) is 0.406. The molecule has 24 heavy (non-hydrogen) atoms. The normalized spacial score (nSPS) is 24.4. The van der Waals surface area contributed by atoms with Gasteiger partial charge in [-0.2, -0.15) is 0 Å². The molecular weight excluding hydrogens is 328 g/mol. The largest absolute Gasteiger partial charge is 0.390 e. The van der Waals surface area contributed by atoms with Crippen LogP contribution in [0.1, 0.15) is 25.8 Å². The molecule has 0 aliphatic carbocycles. The first-order chi connectivity index (χ1) is 11.3. The van der Waals surface area contributed by atoms with Crippen LogP contribution in [0.15, 0.2) is 24.3 Å². The summed E-state index contributed by atoms with van der Waals surface area (Å²) in [4.78, 5) is 14.1. The van der Waals surface area contributed by atoms with Crippen LogP contribution in [0, 0.1) is 5.92 Å². The summed E-state index contributed by atoms with van der Waals surface area (Å²) in [7, 11) is 0. The molecule has 0 spiro atoms. The monoisotopic (exact) mass is 354 g/mol. The summed E-state index contributed by atoms with van der Waals surface area (Å²) in [5.41, 5.74) is -0.417. The number of hydrogen-bond acceptors (Lipinski definition) is 4. The predicted octanol–water partition coefficient (Wildman–Crippen LogP) is 1.45. The highest BCUT2D eigenvalue weighted by Gasteiger charge is 2.42. The van der Waals surface area contributed by atoms with Crippen LogP contribution in [-0.4, -0.2) is 58.9 Å². The van der Waals surface area contributed by atoms with Crippen molar-refractivity contribution >= 4 is 17.5 Å². The number of halogens is 1. The van der Waals surface area contributed by atoms with Crippen molar-refractivity contribution in [3.05, 3.63) is 34.9 Å². The highest BCUT2D eigenvalue weighted by molar-refractivity contribution is 6.30. The van der Waals surface area contributed by atoms with Crippen molar-refractivity contribution in [2.45, 2.75) is 38.4 Å². The van der Waals surface area contributed by atoms with Gasteiger partial charge in [0, 0.05) is 18.1 Å². The van der Waals surface area contributed by atoms with Crippen molar-refractivity contribution in [2.75, 3.05) is 26.2 Å². The fourth-order valence-electron chi connectivity index (χ4n) is 2.91. The maximum atomic E-state index is 12.5. The Morgan fingerprint density at radius 1 is 1.42 bits per heavy atom. The number of hydrogen-bond donors (Lipinski definition) is 3. The molecule has 5 nitrogen and oxygen atoms in total. The number of aliphatic hydroxyl groups is 2. The van der Waals surface area contributed by atoms with Crippen LogP contribution in [0.5, 0.6) is 0 Å². The Bertz CT molecular complexity index is 550. The Morgan fingerprint density at radius 3 is 2.71 bits per heavy atom. The third kappa shape index (κ3) is 5.18. The molecule has 2 rings (SSSR count). The molecule has 1 fully saturated rings. The number of amides is 1. The SMILES string of the molecule is CC(C)CNC[C@@]1(O)CN(C(=O)Cc2ccc(Cl)cc2)CC[C@@H]1O. The Kier molecular flexibility index (Phi) is 6.63. The number of rotatable bonds is 6. The van der Waals surface area contributed by atoms with Crippen molar-refractivity contribution in [3.8, 4) is 0 Å². The lowest BCUT2D eigenvalue weighted by Crippen LogP contribution is -2.62. The Labute approximate surface area is 148 Å². The second-order valence-corrected chi connectivity index (χ2v) is 7.49. The molecule has 0 saturated carbocycles. The summed E-state index contributed by atoms with van der Waals surface area (Å²) < 4.78 is 0. The fraction of sp³-hybridized carbons (Fsp3) is 0.611. The van der Waals surface area contributed by atoms with Crippen LogP contribution in [0.4, 0.5) is 0 Å². The molecule has 1 aromatic carbocycles. The highest BCUT2D eigenvalue weighted by atomic mass is 35.5. The number of carbonyl (C=O) groups excluding carboxylic acids is 1. The lowest BCUT2D eigenvalue weighted by molar-refractivity contribution is -0.150. The molecule has 1 amide bonds. The zero-order chi connectivity index (χ0) is 17.7. The summed E-state index contributed by atoms with van der Waals surface area (Å²) in [6.07, 6.45) is -0.175. The minimum atomic E-state index is -1.30. The lowest BCUT2D eigenvalue weighted by atomic mass is 9.89. The van der Waals surface area contributed by atoms with Gasteiger partial charge in [0.2, 0.25) is 5.91 Å². The zero-order valence-corrected chi connectivity index (χ0v) is 15.1. The van der Waals surface area contributed by atoms with Crippen LogP contribution in [0.25, 0.3) is 0 Å². The van der Waals surface area contributed by atoms with E-state index in [0.29, 0.717) is 23.9 Å². The van der Waals surface area contributed by atoms with Gasteiger partial charge in [-0.1, -0.05) is 37.6 Å². The molecule has 1 saturated heterocycles.